The van der Waals surface area contributed by atoms with E-state index in [1.807, 2.05) is 33.3 Å². The molecule has 0 aliphatic heterocycles. The molecule has 21 nitrogen and oxygen atoms in total. The van der Waals surface area contributed by atoms with E-state index in [0.29, 0.717) is 107 Å². The molecule has 3 amide bonds. The first kappa shape index (κ1) is 98.3. The molecule has 0 bridgehead atoms. The normalized spacial score (nSPS) is 13.8. The number of rotatable bonds is 42. The van der Waals surface area contributed by atoms with Crippen LogP contribution in [0, 0.1) is 0 Å². The van der Waals surface area contributed by atoms with E-state index >= 15 is 0 Å². The van der Waals surface area contributed by atoms with Crippen molar-refractivity contribution in [1.82, 2.24) is 46.6 Å². The van der Waals surface area contributed by atoms with Crippen LogP contribution in [-0.2, 0) is 32.1 Å². The van der Waals surface area contributed by atoms with Crippen molar-refractivity contribution in [2.45, 2.75) is 86.6 Å². The standard InChI is InChI=1S/2C38H43N3O4.C34H42ClN3O4/c2*1-39-24-34(21-27-15-17-29-11-7-9-13-31(29)19-27)41(2)25-33(20-26-14-16-28-10-6-8-12-30(28)18-26)40-38(42)32-22-35(43-3)37(45-5)36(23-32)44-4;1-36-21-30(18-23-11-14-28(35)15-12-23)38(2)22-29(17-24-10-13-25-8-6-7-9-26(25)16-24)37-34(39)27-19-31(40-3)33(42-5)32(20-27)41-4/h2*6-19,22-23,33-34,39H,20-21,24-25H2,1-5H3,(H,40,42);6-14,16,19-20,28-30,36H,15,17-18,21-22H2,1-5H3,(H,37,39)/t2*33-,34+;28?,29-,30-/m100/s1. The van der Waals surface area contributed by atoms with Crippen molar-refractivity contribution in [2.75, 3.05) is 146 Å². The van der Waals surface area contributed by atoms with Crippen molar-refractivity contribution < 1.29 is 57.0 Å². The van der Waals surface area contributed by atoms with E-state index in [1.54, 1.807) is 100 Å². The highest BCUT2D eigenvalue weighted by Crippen LogP contribution is 2.41. The smallest absolute Gasteiger partial charge is 0.251 e. The zero-order valence-corrected chi connectivity index (χ0v) is 79.5. The van der Waals surface area contributed by atoms with Crippen LogP contribution in [0.5, 0.6) is 51.7 Å². The fourth-order valence-electron chi connectivity index (χ4n) is 17.6. The van der Waals surface area contributed by atoms with Gasteiger partial charge in [0.2, 0.25) is 17.2 Å². The Hall–Kier alpha value is -12.7. The van der Waals surface area contributed by atoms with Crippen LogP contribution in [0.4, 0.5) is 0 Å². The third kappa shape index (κ3) is 26.6. The van der Waals surface area contributed by atoms with Gasteiger partial charge in [0.15, 0.2) is 34.5 Å². The summed E-state index contributed by atoms with van der Waals surface area (Å²) in [5, 5.41) is 32.2. The molecule has 13 aromatic rings. The molecule has 0 radical (unpaired) electrons. The lowest BCUT2D eigenvalue weighted by Crippen LogP contribution is -2.49. The Morgan fingerprint density at radius 3 is 0.773 bits per heavy atom. The molecule has 692 valence electrons. The lowest BCUT2D eigenvalue weighted by molar-refractivity contribution is 0.0912. The van der Waals surface area contributed by atoms with E-state index in [4.69, 9.17) is 54.2 Å². The number of allylic oxidation sites excluding steroid dienone is 3. The molecule has 22 heteroatoms. The van der Waals surface area contributed by atoms with Gasteiger partial charge < -0.3 is 74.5 Å². The Labute approximate surface area is 783 Å². The van der Waals surface area contributed by atoms with Crippen LogP contribution in [0.3, 0.4) is 0 Å². The van der Waals surface area contributed by atoms with E-state index in [-0.39, 0.29) is 59.3 Å². The van der Waals surface area contributed by atoms with Gasteiger partial charge in [-0.2, -0.15) is 0 Å². The molecule has 14 rings (SSSR count). The second-order valence-corrected chi connectivity index (χ2v) is 34.3. The number of halogens is 1. The Morgan fingerprint density at radius 2 is 0.553 bits per heavy atom. The molecule has 0 heterocycles. The summed E-state index contributed by atoms with van der Waals surface area (Å²) in [6.07, 6.45) is 11.9. The summed E-state index contributed by atoms with van der Waals surface area (Å²) in [4.78, 5) is 48.3. The Bertz CT molecular complexity index is 5750. The predicted octanol–water partition coefficient (Wildman–Crippen LogP) is 17.9. The van der Waals surface area contributed by atoms with E-state index in [2.05, 4.69) is 286 Å². The van der Waals surface area contributed by atoms with Crippen LogP contribution in [-0.4, -0.2) is 220 Å². The molecule has 13 aromatic carbocycles. The lowest BCUT2D eigenvalue weighted by atomic mass is 9.97. The second kappa shape index (κ2) is 49.0. The highest BCUT2D eigenvalue weighted by Gasteiger charge is 2.30. The fraction of sp³-hybridized carbons (Fsp3) is 0.318. The van der Waals surface area contributed by atoms with Crippen LogP contribution in [0.25, 0.3) is 53.9 Å². The van der Waals surface area contributed by atoms with E-state index < -0.39 is 0 Å². The van der Waals surface area contributed by atoms with Gasteiger partial charge in [-0.3, -0.25) is 29.1 Å². The topological polar surface area (TPSA) is 216 Å². The monoisotopic (exact) mass is 1800 g/mol. The summed E-state index contributed by atoms with van der Waals surface area (Å²) in [5.74, 6) is 3.38. The molecule has 1 unspecified atom stereocenters. The molecular formula is C110H128ClN9O12. The van der Waals surface area contributed by atoms with Crippen molar-refractivity contribution in [3.63, 3.8) is 0 Å². The fourth-order valence-corrected chi connectivity index (χ4v) is 17.7. The Morgan fingerprint density at radius 1 is 0.318 bits per heavy atom. The predicted molar refractivity (Wildman–Crippen MR) is 537 cm³/mol. The number of nitrogens with zero attached hydrogens (tertiary/aromatic N) is 3. The first-order valence-corrected chi connectivity index (χ1v) is 45.4. The summed E-state index contributed by atoms with van der Waals surface area (Å²) in [6, 6.07) is 85.2. The Balaban J connectivity index is 0.000000179. The number of fused-ring (bicyclic) bond motifs is 5. The quantitative estimate of drug-likeness (QED) is 0.0196. The van der Waals surface area contributed by atoms with Crippen LogP contribution < -0.4 is 74.5 Å². The maximum absolute atomic E-state index is 13.8. The minimum absolute atomic E-state index is 0.0611. The molecule has 1 aliphatic rings. The number of methoxy groups -OCH3 is 9. The first-order chi connectivity index (χ1) is 64.2. The van der Waals surface area contributed by atoms with Gasteiger partial charge in [-0.05, 0) is 205 Å². The second-order valence-electron chi connectivity index (χ2n) is 33.7. The number of alkyl halides is 1. The van der Waals surface area contributed by atoms with Gasteiger partial charge in [-0.15, -0.1) is 11.6 Å². The van der Waals surface area contributed by atoms with Crippen LogP contribution >= 0.6 is 11.6 Å². The average Bonchev–Trinajstić information content (AvgIpc) is 0.805. The molecule has 6 N–H and O–H groups in total. The van der Waals surface area contributed by atoms with Crippen LogP contribution in [0.1, 0.15) is 71.7 Å². The minimum atomic E-state index is -0.204. The van der Waals surface area contributed by atoms with Crippen LogP contribution in [0.2, 0.25) is 0 Å². The maximum Gasteiger partial charge on any atom is 0.251 e. The molecule has 0 aromatic heterocycles. The van der Waals surface area contributed by atoms with Crippen molar-refractivity contribution in [3.8, 4) is 51.7 Å². The van der Waals surface area contributed by atoms with Gasteiger partial charge >= 0.3 is 0 Å². The number of carbonyl (C=O) groups excluding carboxylic acids is 3. The molecule has 0 saturated carbocycles. The SMILES string of the molecule is CNC[C@@H](Cc1ccc2ccccc2c1)N(C)C[C@H](Cc1ccc2ccccc2c1)NC(=O)c1cc(OC)c(OC)c(OC)c1.CNC[C@H](CC1=CCC(Cl)C=C1)N(C)C[C@H](Cc1ccc2ccccc2c1)NC(=O)c1cc(OC)c(OC)c(OC)c1.CNC[C@H](Cc1ccc2ccccc2c1)N(C)C[C@@H](Cc1ccc2ccccc2c1)NC(=O)c1cc(OC)c(OC)c(OC)c1. The number of hydrogen-bond donors (Lipinski definition) is 6. The van der Waals surface area contributed by atoms with Gasteiger partial charge in [-0.25, -0.2) is 0 Å². The summed E-state index contributed by atoms with van der Waals surface area (Å²) < 4.78 is 49.4. The number of ether oxygens (including phenoxy) is 9. The molecule has 132 heavy (non-hydrogen) atoms. The van der Waals surface area contributed by atoms with Gasteiger partial charge in [0, 0.05) is 92.2 Å². The highest BCUT2D eigenvalue weighted by molar-refractivity contribution is 6.22. The number of amides is 3. The van der Waals surface area contributed by atoms with Crippen molar-refractivity contribution in [3.05, 3.63) is 317 Å². The third-order valence-electron chi connectivity index (χ3n) is 24.6. The summed E-state index contributed by atoms with van der Waals surface area (Å²) in [6.45, 7) is 4.41. The number of likely N-dealkylation sites (N-methyl/N-ethyl adjacent to an activating group) is 6. The number of hydrogen-bond acceptors (Lipinski definition) is 18. The molecule has 0 spiro atoms. The molecular weight excluding hydrogens is 1670 g/mol. The average molecular weight is 1800 g/mol. The summed E-state index contributed by atoms with van der Waals surface area (Å²) >= 11 is 6.26. The zero-order chi connectivity index (χ0) is 93.6. The lowest BCUT2D eigenvalue weighted by Gasteiger charge is -2.32. The van der Waals surface area contributed by atoms with Crippen LogP contribution in [0.15, 0.2) is 273 Å². The van der Waals surface area contributed by atoms with Crippen molar-refractivity contribution in [2.24, 2.45) is 0 Å². The number of benzene rings is 13. The maximum atomic E-state index is 13.8. The van der Waals surface area contributed by atoms with Gasteiger partial charge in [-0.1, -0.05) is 236 Å². The van der Waals surface area contributed by atoms with E-state index in [1.165, 1.54) is 70.6 Å². The molecule has 7 atom stereocenters. The molecule has 1 aliphatic carbocycles. The minimum Gasteiger partial charge on any atom is -0.493 e. The van der Waals surface area contributed by atoms with Gasteiger partial charge in [0.25, 0.3) is 17.7 Å². The summed E-state index contributed by atoms with van der Waals surface area (Å²) in [7, 11) is 26.3. The first-order valence-electron chi connectivity index (χ1n) is 45.0. The highest BCUT2D eigenvalue weighted by atomic mass is 35.5. The van der Waals surface area contributed by atoms with Gasteiger partial charge in [0.1, 0.15) is 0 Å². The third-order valence-corrected chi connectivity index (χ3v) is 24.9. The molecule has 0 fully saturated rings. The number of nitrogens with one attached hydrogen (secondary N) is 6. The molecule has 0 saturated heterocycles. The zero-order valence-electron chi connectivity index (χ0n) is 78.8. The number of carbonyl (C=O) groups is 3. The Kier molecular flexibility index (Phi) is 36.5. The van der Waals surface area contributed by atoms with Gasteiger partial charge in [0.05, 0.1) is 69.4 Å². The van der Waals surface area contributed by atoms with Crippen molar-refractivity contribution >= 4 is 83.2 Å². The summed E-state index contributed by atoms with van der Waals surface area (Å²) in [5.41, 5.74) is 8.67. The largest absolute Gasteiger partial charge is 0.493 e. The van der Waals surface area contributed by atoms with E-state index in [0.717, 1.165) is 62.0 Å². The van der Waals surface area contributed by atoms with Crippen molar-refractivity contribution in [1.29, 1.82) is 0 Å². The van der Waals surface area contributed by atoms with E-state index in [9.17, 15) is 14.4 Å².